The third kappa shape index (κ3) is 4.87. The standard InChI is InChI=1S/C8H13NO3.ClH/c10-7-3-5-9(6-7)4-1-2-8(11)12;/h1-2,7,10H,3-6H2,(H,11,12);1H/b2-1+;/t7-;/m1./s1. The van der Waals surface area contributed by atoms with Crippen molar-refractivity contribution in [3.8, 4) is 0 Å². The van der Waals surface area contributed by atoms with Crippen LogP contribution in [-0.4, -0.2) is 46.8 Å². The van der Waals surface area contributed by atoms with Crippen molar-refractivity contribution in [2.75, 3.05) is 19.6 Å². The summed E-state index contributed by atoms with van der Waals surface area (Å²) < 4.78 is 0. The first-order chi connectivity index (χ1) is 5.68. The molecule has 1 aliphatic heterocycles. The Balaban J connectivity index is 0.00000144. The molecule has 0 aromatic carbocycles. The second-order valence-corrected chi connectivity index (χ2v) is 2.94. The fourth-order valence-corrected chi connectivity index (χ4v) is 1.28. The van der Waals surface area contributed by atoms with Crippen LogP contribution in [0.25, 0.3) is 0 Å². The van der Waals surface area contributed by atoms with Gasteiger partial charge in [-0.3, -0.25) is 4.90 Å². The summed E-state index contributed by atoms with van der Waals surface area (Å²) in [5.74, 6) is -0.922. The number of hydrogen-bond acceptors (Lipinski definition) is 3. The second kappa shape index (κ2) is 5.96. The van der Waals surface area contributed by atoms with Crippen LogP contribution in [0.4, 0.5) is 0 Å². The van der Waals surface area contributed by atoms with Crippen molar-refractivity contribution in [2.24, 2.45) is 0 Å². The number of nitrogens with zero attached hydrogens (tertiary/aromatic N) is 1. The molecule has 1 atom stereocenters. The Hall–Kier alpha value is -0.580. The monoisotopic (exact) mass is 207 g/mol. The molecule has 76 valence electrons. The quantitative estimate of drug-likeness (QED) is 0.646. The van der Waals surface area contributed by atoms with E-state index in [1.165, 1.54) is 0 Å². The van der Waals surface area contributed by atoms with Gasteiger partial charge in [0.1, 0.15) is 0 Å². The van der Waals surface area contributed by atoms with Crippen molar-refractivity contribution < 1.29 is 15.0 Å². The highest BCUT2D eigenvalue weighted by molar-refractivity contribution is 5.85. The molecule has 1 rings (SSSR count). The molecule has 0 saturated carbocycles. The van der Waals surface area contributed by atoms with Crippen LogP contribution in [0.1, 0.15) is 6.42 Å². The average Bonchev–Trinajstić information content (AvgIpc) is 2.35. The molecule has 1 aliphatic rings. The Morgan fingerprint density at radius 2 is 2.31 bits per heavy atom. The van der Waals surface area contributed by atoms with Crippen molar-refractivity contribution in [1.29, 1.82) is 0 Å². The summed E-state index contributed by atoms with van der Waals surface area (Å²) in [6.45, 7) is 2.12. The van der Waals surface area contributed by atoms with Crippen molar-refractivity contribution in [2.45, 2.75) is 12.5 Å². The van der Waals surface area contributed by atoms with Gasteiger partial charge in [0, 0.05) is 25.7 Å². The van der Waals surface area contributed by atoms with Crippen molar-refractivity contribution >= 4 is 18.4 Å². The fourth-order valence-electron chi connectivity index (χ4n) is 1.28. The average molecular weight is 208 g/mol. The fraction of sp³-hybridized carbons (Fsp3) is 0.625. The van der Waals surface area contributed by atoms with E-state index in [0.717, 1.165) is 19.0 Å². The van der Waals surface area contributed by atoms with Gasteiger partial charge in [0.05, 0.1) is 6.10 Å². The van der Waals surface area contributed by atoms with Gasteiger partial charge in [-0.1, -0.05) is 6.08 Å². The molecule has 4 nitrogen and oxygen atoms in total. The summed E-state index contributed by atoms with van der Waals surface area (Å²) in [5, 5.41) is 17.4. The zero-order valence-corrected chi connectivity index (χ0v) is 8.04. The van der Waals surface area contributed by atoms with Gasteiger partial charge in [0.2, 0.25) is 0 Å². The summed E-state index contributed by atoms with van der Waals surface area (Å²) in [6.07, 6.45) is 3.29. The van der Waals surface area contributed by atoms with E-state index in [9.17, 15) is 4.79 Å². The Morgan fingerprint density at radius 1 is 1.62 bits per heavy atom. The molecule has 0 aromatic rings. The van der Waals surface area contributed by atoms with Crippen LogP contribution in [0.15, 0.2) is 12.2 Å². The number of hydrogen-bond donors (Lipinski definition) is 2. The third-order valence-electron chi connectivity index (χ3n) is 1.87. The number of halogens is 1. The minimum atomic E-state index is -0.922. The lowest BCUT2D eigenvalue weighted by Gasteiger charge is -2.10. The van der Waals surface area contributed by atoms with E-state index in [-0.39, 0.29) is 18.5 Å². The van der Waals surface area contributed by atoms with Crippen LogP contribution in [0, 0.1) is 0 Å². The van der Waals surface area contributed by atoms with E-state index in [1.807, 2.05) is 4.90 Å². The van der Waals surface area contributed by atoms with Crippen LogP contribution in [0.2, 0.25) is 0 Å². The first-order valence-electron chi connectivity index (χ1n) is 3.98. The zero-order valence-electron chi connectivity index (χ0n) is 7.22. The number of likely N-dealkylation sites (tertiary alicyclic amines) is 1. The molecule has 0 aromatic heterocycles. The first kappa shape index (κ1) is 12.4. The molecular weight excluding hydrogens is 194 g/mol. The SMILES string of the molecule is Cl.O=C(O)/C=C/CN1CC[C@@H](O)C1. The lowest BCUT2D eigenvalue weighted by Crippen LogP contribution is -2.22. The number of rotatable bonds is 3. The van der Waals surface area contributed by atoms with Gasteiger partial charge in [0.25, 0.3) is 0 Å². The van der Waals surface area contributed by atoms with Gasteiger partial charge >= 0.3 is 5.97 Å². The predicted octanol–water partition coefficient (Wildman–Crippen LogP) is 0.116. The summed E-state index contributed by atoms with van der Waals surface area (Å²) in [6, 6.07) is 0. The van der Waals surface area contributed by atoms with E-state index in [0.29, 0.717) is 13.1 Å². The first-order valence-corrected chi connectivity index (χ1v) is 3.98. The molecule has 13 heavy (non-hydrogen) atoms. The molecule has 0 amide bonds. The molecule has 0 unspecified atom stereocenters. The lowest BCUT2D eigenvalue weighted by atomic mass is 10.3. The maximum atomic E-state index is 10.1. The van der Waals surface area contributed by atoms with E-state index in [1.54, 1.807) is 6.08 Å². The molecule has 0 radical (unpaired) electrons. The number of β-amino-alcohol motifs (C(OH)–C–C–N with tert-alkyl or cyclic N) is 1. The van der Waals surface area contributed by atoms with Crippen molar-refractivity contribution in [1.82, 2.24) is 4.90 Å². The highest BCUT2D eigenvalue weighted by Crippen LogP contribution is 2.07. The molecule has 1 saturated heterocycles. The Morgan fingerprint density at radius 3 is 2.77 bits per heavy atom. The minimum absolute atomic E-state index is 0. The number of carbonyl (C=O) groups is 1. The van der Waals surface area contributed by atoms with Crippen molar-refractivity contribution in [3.05, 3.63) is 12.2 Å². The topological polar surface area (TPSA) is 60.8 Å². The summed E-state index contributed by atoms with van der Waals surface area (Å²) in [5.41, 5.74) is 0. The van der Waals surface area contributed by atoms with Crippen molar-refractivity contribution in [3.63, 3.8) is 0 Å². The Labute approximate surface area is 83.3 Å². The predicted molar refractivity (Wildman–Crippen MR) is 51.1 cm³/mol. The van der Waals surface area contributed by atoms with Crippen LogP contribution in [-0.2, 0) is 4.79 Å². The van der Waals surface area contributed by atoms with E-state index >= 15 is 0 Å². The largest absolute Gasteiger partial charge is 0.478 e. The normalized spacial score (nSPS) is 23.3. The molecular formula is C8H14ClNO3. The van der Waals surface area contributed by atoms with Gasteiger partial charge in [-0.05, 0) is 6.42 Å². The van der Waals surface area contributed by atoms with Gasteiger partial charge < -0.3 is 10.2 Å². The Bertz CT molecular complexity index is 196. The molecule has 0 spiro atoms. The molecule has 0 aliphatic carbocycles. The summed E-state index contributed by atoms with van der Waals surface area (Å²) >= 11 is 0. The van der Waals surface area contributed by atoms with E-state index < -0.39 is 5.97 Å². The molecule has 5 heteroatoms. The van der Waals surface area contributed by atoms with Gasteiger partial charge in [-0.25, -0.2) is 4.79 Å². The Kier molecular flexibility index (Phi) is 5.70. The van der Waals surface area contributed by atoms with Crippen LogP contribution in [0.5, 0.6) is 0 Å². The number of carboxylic acids is 1. The van der Waals surface area contributed by atoms with E-state index in [2.05, 4.69) is 0 Å². The smallest absolute Gasteiger partial charge is 0.328 e. The van der Waals surface area contributed by atoms with Gasteiger partial charge in [-0.15, -0.1) is 12.4 Å². The number of aliphatic hydroxyl groups excluding tert-OH is 1. The van der Waals surface area contributed by atoms with E-state index in [4.69, 9.17) is 10.2 Å². The lowest BCUT2D eigenvalue weighted by molar-refractivity contribution is -0.131. The van der Waals surface area contributed by atoms with Crippen LogP contribution < -0.4 is 0 Å². The number of aliphatic hydroxyl groups is 1. The van der Waals surface area contributed by atoms with Crippen LogP contribution in [0.3, 0.4) is 0 Å². The zero-order chi connectivity index (χ0) is 8.97. The maximum absolute atomic E-state index is 10.1. The molecule has 1 heterocycles. The third-order valence-corrected chi connectivity index (χ3v) is 1.87. The highest BCUT2D eigenvalue weighted by atomic mass is 35.5. The maximum Gasteiger partial charge on any atom is 0.328 e. The van der Waals surface area contributed by atoms with Crippen LogP contribution >= 0.6 is 12.4 Å². The summed E-state index contributed by atoms with van der Waals surface area (Å²) in [4.78, 5) is 12.1. The molecule has 2 N–H and O–H groups in total. The molecule has 1 fully saturated rings. The van der Waals surface area contributed by atoms with Gasteiger partial charge in [0.15, 0.2) is 0 Å². The molecule has 0 bridgehead atoms. The number of aliphatic carboxylic acids is 1. The minimum Gasteiger partial charge on any atom is -0.478 e. The second-order valence-electron chi connectivity index (χ2n) is 2.94. The highest BCUT2D eigenvalue weighted by Gasteiger charge is 2.18. The summed E-state index contributed by atoms with van der Waals surface area (Å²) in [7, 11) is 0. The van der Waals surface area contributed by atoms with Gasteiger partial charge in [-0.2, -0.15) is 0 Å². The number of carboxylic acid groups (broad SMARTS) is 1.